The number of quaternary nitrogens is 1. The quantitative estimate of drug-likeness (QED) is 0.0272. The fraction of sp³-hybridized carbons (Fsp3) is 0.717. The minimum absolute atomic E-state index is 0.0117. The highest BCUT2D eigenvalue weighted by molar-refractivity contribution is 7.45. The van der Waals surface area contributed by atoms with Crippen molar-refractivity contribution in [3.05, 3.63) is 97.2 Å². The lowest BCUT2D eigenvalue weighted by atomic mass is 10.0. The molecule has 0 aromatic carbocycles. The molecule has 1 amide bonds. The summed E-state index contributed by atoms with van der Waals surface area (Å²) in [5.41, 5.74) is 0. The van der Waals surface area contributed by atoms with Gasteiger partial charge >= 0.3 is 0 Å². The first-order valence-corrected chi connectivity index (χ1v) is 29.6. The van der Waals surface area contributed by atoms with Gasteiger partial charge in [0.15, 0.2) is 0 Å². The number of phosphoric acid groups is 1. The normalized spacial score (nSPS) is 14.7. The fourth-order valence-corrected chi connectivity index (χ4v) is 8.33. The number of allylic oxidation sites excluding steroid dienone is 15. The van der Waals surface area contributed by atoms with Crippen molar-refractivity contribution in [3.8, 4) is 0 Å². The predicted octanol–water partition coefficient (Wildman–Crippen LogP) is 16.4. The molecule has 0 fully saturated rings. The van der Waals surface area contributed by atoms with Crippen LogP contribution in [-0.2, 0) is 18.4 Å². The minimum Gasteiger partial charge on any atom is -0.756 e. The standard InChI is InChI=1S/C60H107N2O6P/c1-6-8-10-12-14-16-18-20-21-22-23-24-25-26-27-28-29-30-31-32-33-34-35-36-37-38-39-40-41-42-44-46-48-50-52-54-60(64)61-58(57-68-69(65,66)67-56-55-62(3,4)5)59(63)53-51-49-47-45-43-19-17-15-13-11-9-7-2/h8,10,13-16,20-21,23-24,26-27,43,45,51,53,58-59,63H,6-7,9,11-12,17-19,22,25,28-42,44,46-50,52,54-57H2,1-5H3,(H-,61,64,65,66)/b10-8-,15-13+,16-14-,21-20-,24-23-,27-26-,45-43+,53-51+. The van der Waals surface area contributed by atoms with E-state index in [0.29, 0.717) is 17.4 Å². The number of amides is 1. The summed E-state index contributed by atoms with van der Waals surface area (Å²) in [6.45, 7) is 4.45. The number of aliphatic hydroxyl groups excluding tert-OH is 1. The summed E-state index contributed by atoms with van der Waals surface area (Å²) in [6.07, 6.45) is 72.2. The molecular weight excluding hydrogens is 876 g/mol. The van der Waals surface area contributed by atoms with Crippen molar-refractivity contribution in [2.45, 2.75) is 238 Å². The van der Waals surface area contributed by atoms with E-state index in [1.807, 2.05) is 27.2 Å². The first-order chi connectivity index (χ1) is 33.5. The summed E-state index contributed by atoms with van der Waals surface area (Å²) in [7, 11) is 1.23. The molecule has 2 N–H and O–H groups in total. The molecule has 0 radical (unpaired) electrons. The Morgan fingerprint density at radius 3 is 1.35 bits per heavy atom. The van der Waals surface area contributed by atoms with E-state index in [1.165, 1.54) is 122 Å². The van der Waals surface area contributed by atoms with Crippen LogP contribution >= 0.6 is 7.82 Å². The van der Waals surface area contributed by atoms with Crippen molar-refractivity contribution in [2.75, 3.05) is 40.9 Å². The van der Waals surface area contributed by atoms with Gasteiger partial charge in [0.25, 0.3) is 7.82 Å². The molecule has 0 heterocycles. The highest BCUT2D eigenvalue weighted by Gasteiger charge is 2.23. The summed E-state index contributed by atoms with van der Waals surface area (Å²) in [4.78, 5) is 25.4. The molecule has 0 rings (SSSR count). The molecule has 0 aliphatic heterocycles. The van der Waals surface area contributed by atoms with Crippen LogP contribution in [0.1, 0.15) is 226 Å². The molecule has 0 bridgehead atoms. The number of rotatable bonds is 50. The first kappa shape index (κ1) is 66.4. The summed E-state index contributed by atoms with van der Waals surface area (Å²) in [5.74, 6) is -0.214. The van der Waals surface area contributed by atoms with Crippen molar-refractivity contribution in [2.24, 2.45) is 0 Å². The van der Waals surface area contributed by atoms with Gasteiger partial charge in [0, 0.05) is 6.42 Å². The number of carbonyl (C=O) groups excluding carboxylic acids is 1. The maximum absolute atomic E-state index is 12.9. The second kappa shape index (κ2) is 50.4. The molecule has 398 valence electrons. The molecule has 3 atom stereocenters. The zero-order chi connectivity index (χ0) is 50.6. The van der Waals surface area contributed by atoms with Crippen LogP contribution in [0, 0.1) is 0 Å². The monoisotopic (exact) mass is 983 g/mol. The van der Waals surface area contributed by atoms with Gasteiger partial charge in [0.2, 0.25) is 5.91 Å². The summed E-state index contributed by atoms with van der Waals surface area (Å²) < 4.78 is 23.2. The van der Waals surface area contributed by atoms with E-state index in [9.17, 15) is 19.4 Å². The number of aliphatic hydroxyl groups is 1. The summed E-state index contributed by atoms with van der Waals surface area (Å²) >= 11 is 0. The zero-order valence-corrected chi connectivity index (χ0v) is 46.1. The van der Waals surface area contributed by atoms with Gasteiger partial charge in [-0.1, -0.05) is 233 Å². The lowest BCUT2D eigenvalue weighted by Crippen LogP contribution is -2.45. The van der Waals surface area contributed by atoms with Gasteiger partial charge in [0.05, 0.1) is 39.9 Å². The van der Waals surface area contributed by atoms with E-state index in [1.54, 1.807) is 6.08 Å². The van der Waals surface area contributed by atoms with Crippen LogP contribution < -0.4 is 10.2 Å². The first-order valence-electron chi connectivity index (χ1n) is 28.1. The fourth-order valence-electron chi connectivity index (χ4n) is 7.61. The third kappa shape index (κ3) is 53.1. The number of unbranched alkanes of at least 4 members (excludes halogenated alkanes) is 23. The molecular formula is C60H107N2O6P. The topological polar surface area (TPSA) is 108 Å². The zero-order valence-electron chi connectivity index (χ0n) is 45.2. The van der Waals surface area contributed by atoms with Gasteiger partial charge < -0.3 is 28.8 Å². The van der Waals surface area contributed by atoms with E-state index < -0.39 is 26.6 Å². The van der Waals surface area contributed by atoms with E-state index in [-0.39, 0.29) is 12.5 Å². The number of likely N-dealkylation sites (N-methyl/N-ethyl adjacent to an activating group) is 1. The van der Waals surface area contributed by atoms with Crippen LogP contribution in [0.2, 0.25) is 0 Å². The highest BCUT2D eigenvalue weighted by atomic mass is 31.2. The Morgan fingerprint density at radius 1 is 0.522 bits per heavy atom. The Labute approximate surface area is 426 Å². The highest BCUT2D eigenvalue weighted by Crippen LogP contribution is 2.38. The number of hydrogen-bond donors (Lipinski definition) is 2. The maximum atomic E-state index is 12.9. The van der Waals surface area contributed by atoms with E-state index in [4.69, 9.17) is 9.05 Å². The predicted molar refractivity (Wildman–Crippen MR) is 297 cm³/mol. The maximum Gasteiger partial charge on any atom is 0.268 e. The molecule has 0 aromatic heterocycles. The summed E-state index contributed by atoms with van der Waals surface area (Å²) in [5, 5.41) is 13.8. The molecule has 3 unspecified atom stereocenters. The third-order valence-corrected chi connectivity index (χ3v) is 13.0. The number of nitrogens with one attached hydrogen (secondary N) is 1. The van der Waals surface area contributed by atoms with Crippen LogP contribution in [0.3, 0.4) is 0 Å². The van der Waals surface area contributed by atoms with E-state index in [2.05, 4.69) is 104 Å². The molecule has 0 aliphatic carbocycles. The molecule has 8 nitrogen and oxygen atoms in total. The van der Waals surface area contributed by atoms with Gasteiger partial charge in [-0.15, -0.1) is 0 Å². The molecule has 0 aromatic rings. The van der Waals surface area contributed by atoms with Crippen LogP contribution in [0.5, 0.6) is 0 Å². The number of carbonyl (C=O) groups is 1. The molecule has 0 aliphatic rings. The Balaban J connectivity index is 4.02. The van der Waals surface area contributed by atoms with Crippen LogP contribution in [0.15, 0.2) is 97.2 Å². The van der Waals surface area contributed by atoms with Crippen LogP contribution in [0.4, 0.5) is 0 Å². The van der Waals surface area contributed by atoms with Gasteiger partial charge in [-0.2, -0.15) is 0 Å². The Kier molecular flexibility index (Phi) is 48.5. The molecule has 0 saturated carbocycles. The van der Waals surface area contributed by atoms with E-state index in [0.717, 1.165) is 83.5 Å². The van der Waals surface area contributed by atoms with Gasteiger partial charge in [0.1, 0.15) is 13.2 Å². The van der Waals surface area contributed by atoms with E-state index >= 15 is 0 Å². The lowest BCUT2D eigenvalue weighted by Gasteiger charge is -2.29. The minimum atomic E-state index is -4.61. The molecule has 69 heavy (non-hydrogen) atoms. The average molecular weight is 983 g/mol. The van der Waals surface area contributed by atoms with Crippen molar-refractivity contribution in [1.29, 1.82) is 0 Å². The Morgan fingerprint density at radius 2 is 0.899 bits per heavy atom. The van der Waals surface area contributed by atoms with Crippen molar-refractivity contribution in [1.82, 2.24) is 5.32 Å². The largest absolute Gasteiger partial charge is 0.756 e. The number of nitrogens with zero attached hydrogens (tertiary/aromatic N) is 1. The Bertz CT molecular complexity index is 1440. The second-order valence-electron chi connectivity index (χ2n) is 19.9. The van der Waals surface area contributed by atoms with Crippen LogP contribution in [-0.4, -0.2) is 68.5 Å². The summed E-state index contributed by atoms with van der Waals surface area (Å²) in [6, 6.07) is -0.912. The molecule has 9 heteroatoms. The number of hydrogen-bond acceptors (Lipinski definition) is 6. The smallest absolute Gasteiger partial charge is 0.268 e. The van der Waals surface area contributed by atoms with Crippen LogP contribution in [0.25, 0.3) is 0 Å². The van der Waals surface area contributed by atoms with Crippen molar-refractivity contribution in [3.63, 3.8) is 0 Å². The van der Waals surface area contributed by atoms with Gasteiger partial charge in [-0.05, 0) is 83.5 Å². The van der Waals surface area contributed by atoms with Gasteiger partial charge in [-0.25, -0.2) is 0 Å². The molecule has 0 spiro atoms. The van der Waals surface area contributed by atoms with Gasteiger partial charge in [-0.3, -0.25) is 9.36 Å². The Hall–Kier alpha value is -2.58. The number of phosphoric ester groups is 1. The SMILES string of the molecule is CC/C=C\C/C=C\C/C=C\C/C=C\C/C=C\CCCCCCCCCCCCCCCCCCCCCC(=O)NC(COP(=O)([O-])OCC[N+](C)(C)C)C(O)/C=C/CC/C=C/CC/C=C/CCCC. The third-order valence-electron chi connectivity index (χ3n) is 12.0. The van der Waals surface area contributed by atoms with Crippen molar-refractivity contribution >= 4 is 13.7 Å². The molecule has 0 saturated heterocycles. The second-order valence-corrected chi connectivity index (χ2v) is 21.3. The lowest BCUT2D eigenvalue weighted by molar-refractivity contribution is -0.870. The average Bonchev–Trinajstić information content (AvgIpc) is 3.31. The van der Waals surface area contributed by atoms with Crippen molar-refractivity contribution < 1.29 is 32.9 Å².